The average Bonchev–Trinajstić information content (AvgIpc) is 2.89. The molecule has 1 rings (SSSR count). The maximum absolute atomic E-state index is 12.0. The summed E-state index contributed by atoms with van der Waals surface area (Å²) in [5.41, 5.74) is 2.03. The molecule has 134 valence electrons. The summed E-state index contributed by atoms with van der Waals surface area (Å²) in [6, 6.07) is 0. The van der Waals surface area contributed by atoms with Crippen LogP contribution in [0.15, 0.2) is 23.3 Å². The number of unbranched alkanes of at least 4 members (excludes halogenated alkanes) is 3. The van der Waals surface area contributed by atoms with Gasteiger partial charge in [-0.05, 0) is 44.1 Å². The van der Waals surface area contributed by atoms with Gasteiger partial charge in [-0.3, -0.25) is 14.4 Å². The molecule has 0 aromatic heterocycles. The summed E-state index contributed by atoms with van der Waals surface area (Å²) in [4.78, 5) is 34.3. The molecule has 0 saturated heterocycles. The number of ketones is 2. The molecule has 1 N–H and O–H groups in total. The quantitative estimate of drug-likeness (QED) is 0.389. The minimum absolute atomic E-state index is 0.178. The largest absolute Gasteiger partial charge is 0.481 e. The van der Waals surface area contributed by atoms with E-state index < -0.39 is 5.97 Å². The maximum atomic E-state index is 12.0. The molecular formula is C20H30O4. The second-order valence-electron chi connectivity index (χ2n) is 6.46. The third-order valence-corrected chi connectivity index (χ3v) is 4.43. The first-order valence-electron chi connectivity index (χ1n) is 9.17. The Kier molecular flexibility index (Phi) is 9.97. The zero-order valence-corrected chi connectivity index (χ0v) is 14.8. The van der Waals surface area contributed by atoms with Crippen molar-refractivity contribution in [1.29, 1.82) is 0 Å². The van der Waals surface area contributed by atoms with Crippen molar-refractivity contribution in [2.75, 3.05) is 0 Å². The zero-order valence-electron chi connectivity index (χ0n) is 14.8. The van der Waals surface area contributed by atoms with E-state index >= 15 is 0 Å². The highest BCUT2D eigenvalue weighted by Crippen LogP contribution is 2.29. The molecule has 0 aromatic rings. The van der Waals surface area contributed by atoms with Gasteiger partial charge in [-0.1, -0.05) is 37.5 Å². The smallest absolute Gasteiger partial charge is 0.303 e. The van der Waals surface area contributed by atoms with Crippen LogP contribution in [0.1, 0.15) is 84.0 Å². The lowest BCUT2D eigenvalue weighted by Crippen LogP contribution is -2.00. The zero-order chi connectivity index (χ0) is 17.8. The molecule has 0 fully saturated rings. The minimum Gasteiger partial charge on any atom is -0.481 e. The minimum atomic E-state index is -0.775. The van der Waals surface area contributed by atoms with Gasteiger partial charge in [0.1, 0.15) is 5.78 Å². The van der Waals surface area contributed by atoms with E-state index in [0.29, 0.717) is 37.9 Å². The Morgan fingerprint density at radius 3 is 2.54 bits per heavy atom. The van der Waals surface area contributed by atoms with Crippen LogP contribution in [0.4, 0.5) is 0 Å². The molecule has 0 amide bonds. The predicted octanol–water partition coefficient (Wildman–Crippen LogP) is 4.78. The molecule has 0 radical (unpaired) electrons. The molecule has 4 nitrogen and oxygen atoms in total. The van der Waals surface area contributed by atoms with Gasteiger partial charge in [0.2, 0.25) is 0 Å². The Morgan fingerprint density at radius 1 is 1.04 bits per heavy atom. The molecule has 0 atom stereocenters. The van der Waals surface area contributed by atoms with Crippen LogP contribution in [-0.4, -0.2) is 22.6 Å². The third-order valence-electron chi connectivity index (χ3n) is 4.43. The fraction of sp³-hybridized carbons (Fsp3) is 0.650. The van der Waals surface area contributed by atoms with E-state index in [1.165, 1.54) is 0 Å². The first-order valence-corrected chi connectivity index (χ1v) is 9.17. The van der Waals surface area contributed by atoms with Crippen LogP contribution in [0.5, 0.6) is 0 Å². The summed E-state index contributed by atoms with van der Waals surface area (Å²) < 4.78 is 0. The third kappa shape index (κ3) is 8.23. The SMILES string of the molecule is CCCCCC(=O)CCC1=C(C/C=C\CCCC(=O)O)C(=O)CC1. The van der Waals surface area contributed by atoms with E-state index in [-0.39, 0.29) is 12.2 Å². The van der Waals surface area contributed by atoms with E-state index in [1.54, 1.807) is 0 Å². The number of rotatable bonds is 13. The maximum Gasteiger partial charge on any atom is 0.303 e. The number of carboxylic acid groups (broad SMARTS) is 1. The van der Waals surface area contributed by atoms with E-state index in [4.69, 9.17) is 5.11 Å². The van der Waals surface area contributed by atoms with Gasteiger partial charge in [-0.2, -0.15) is 0 Å². The van der Waals surface area contributed by atoms with Gasteiger partial charge in [-0.15, -0.1) is 0 Å². The number of hydrogen-bond acceptors (Lipinski definition) is 3. The number of allylic oxidation sites excluding steroid dienone is 4. The molecule has 4 heteroatoms. The van der Waals surface area contributed by atoms with E-state index in [0.717, 1.165) is 49.7 Å². The number of carboxylic acids is 1. The monoisotopic (exact) mass is 334 g/mol. The van der Waals surface area contributed by atoms with Gasteiger partial charge < -0.3 is 5.11 Å². The van der Waals surface area contributed by atoms with Crippen LogP contribution in [0.3, 0.4) is 0 Å². The predicted molar refractivity (Wildman–Crippen MR) is 94.9 cm³/mol. The molecule has 0 unspecified atom stereocenters. The van der Waals surface area contributed by atoms with Crippen LogP contribution < -0.4 is 0 Å². The van der Waals surface area contributed by atoms with Gasteiger partial charge in [0.05, 0.1) is 0 Å². The van der Waals surface area contributed by atoms with Crippen molar-refractivity contribution in [2.24, 2.45) is 0 Å². The number of hydrogen-bond donors (Lipinski definition) is 1. The van der Waals surface area contributed by atoms with Crippen molar-refractivity contribution < 1.29 is 19.5 Å². The second kappa shape index (κ2) is 11.8. The Bertz CT molecular complexity index is 500. The van der Waals surface area contributed by atoms with Crippen molar-refractivity contribution in [3.63, 3.8) is 0 Å². The Morgan fingerprint density at radius 2 is 1.83 bits per heavy atom. The number of carbonyl (C=O) groups excluding carboxylic acids is 2. The van der Waals surface area contributed by atoms with Gasteiger partial charge in [0, 0.05) is 25.7 Å². The molecule has 1 aliphatic carbocycles. The topological polar surface area (TPSA) is 71.4 Å². The first-order chi connectivity index (χ1) is 11.5. The van der Waals surface area contributed by atoms with Crippen LogP contribution in [0, 0.1) is 0 Å². The summed E-state index contributed by atoms with van der Waals surface area (Å²) in [7, 11) is 0. The van der Waals surface area contributed by atoms with Gasteiger partial charge in [-0.25, -0.2) is 0 Å². The summed E-state index contributed by atoms with van der Waals surface area (Å²) in [5.74, 6) is -0.263. The molecule has 24 heavy (non-hydrogen) atoms. The summed E-state index contributed by atoms with van der Waals surface area (Å²) >= 11 is 0. The van der Waals surface area contributed by atoms with Crippen molar-refractivity contribution in [2.45, 2.75) is 84.0 Å². The standard InChI is InChI=1S/C20H30O4/c1-2-3-6-9-17(21)14-12-16-13-15-19(22)18(16)10-7-4-5-8-11-20(23)24/h4,7H,2-3,5-6,8-15H2,1H3,(H,23,24)/b7-4-. The first kappa shape index (κ1) is 20.3. The fourth-order valence-corrected chi connectivity index (χ4v) is 2.98. The highest BCUT2D eigenvalue weighted by atomic mass is 16.4. The highest BCUT2D eigenvalue weighted by molar-refractivity contribution is 5.99. The van der Waals surface area contributed by atoms with Crippen LogP contribution in [0.25, 0.3) is 0 Å². The lowest BCUT2D eigenvalue weighted by Gasteiger charge is -2.05. The molecule has 0 saturated carbocycles. The molecule has 0 spiro atoms. The van der Waals surface area contributed by atoms with E-state index in [1.807, 2.05) is 12.2 Å². The van der Waals surface area contributed by atoms with Crippen LogP contribution >= 0.6 is 0 Å². The average molecular weight is 334 g/mol. The van der Waals surface area contributed by atoms with Crippen LogP contribution in [0.2, 0.25) is 0 Å². The lowest BCUT2D eigenvalue weighted by atomic mass is 9.99. The molecule has 0 bridgehead atoms. The van der Waals surface area contributed by atoms with Crippen molar-refractivity contribution in [3.8, 4) is 0 Å². The Balaban J connectivity index is 2.39. The van der Waals surface area contributed by atoms with Gasteiger partial charge in [0.15, 0.2) is 5.78 Å². The molecule has 0 heterocycles. The van der Waals surface area contributed by atoms with Gasteiger partial charge >= 0.3 is 5.97 Å². The Labute approximate surface area is 145 Å². The van der Waals surface area contributed by atoms with Gasteiger partial charge in [0.25, 0.3) is 0 Å². The highest BCUT2D eigenvalue weighted by Gasteiger charge is 2.21. The molecule has 1 aliphatic rings. The summed E-state index contributed by atoms with van der Waals surface area (Å²) in [6.07, 6.45) is 12.5. The molecular weight excluding hydrogens is 304 g/mol. The van der Waals surface area contributed by atoms with Crippen LogP contribution in [-0.2, 0) is 14.4 Å². The van der Waals surface area contributed by atoms with Crippen molar-refractivity contribution in [1.82, 2.24) is 0 Å². The lowest BCUT2D eigenvalue weighted by molar-refractivity contribution is -0.137. The fourth-order valence-electron chi connectivity index (χ4n) is 2.98. The Hall–Kier alpha value is -1.71. The van der Waals surface area contributed by atoms with Crippen molar-refractivity contribution in [3.05, 3.63) is 23.3 Å². The number of Topliss-reactive ketones (excluding diaryl/α,β-unsaturated/α-hetero) is 2. The molecule has 0 aliphatic heterocycles. The van der Waals surface area contributed by atoms with E-state index in [2.05, 4.69) is 6.92 Å². The molecule has 0 aromatic carbocycles. The number of aliphatic carboxylic acids is 1. The second-order valence-corrected chi connectivity index (χ2v) is 6.46. The number of carbonyl (C=O) groups is 3. The van der Waals surface area contributed by atoms with E-state index in [9.17, 15) is 14.4 Å². The van der Waals surface area contributed by atoms with Crippen molar-refractivity contribution >= 4 is 17.5 Å². The summed E-state index contributed by atoms with van der Waals surface area (Å²) in [5, 5.41) is 8.58. The summed E-state index contributed by atoms with van der Waals surface area (Å²) in [6.45, 7) is 2.13. The normalized spacial score (nSPS) is 14.8.